The number of fused-ring (bicyclic) bond motifs is 1. The maximum atomic E-state index is 12.4. The van der Waals surface area contributed by atoms with Crippen LogP contribution in [0.2, 0.25) is 0 Å². The molecule has 0 unspecified atom stereocenters. The van der Waals surface area contributed by atoms with Crippen molar-refractivity contribution < 1.29 is 36.8 Å². The van der Waals surface area contributed by atoms with E-state index in [2.05, 4.69) is 0 Å². The second-order valence-corrected chi connectivity index (χ2v) is 9.84. The molecule has 1 aliphatic rings. The van der Waals surface area contributed by atoms with Gasteiger partial charge in [-0.2, -0.15) is 8.42 Å². The summed E-state index contributed by atoms with van der Waals surface area (Å²) in [6.45, 7) is 3.36. The summed E-state index contributed by atoms with van der Waals surface area (Å²) in [5, 5.41) is 9.16. The molecule has 1 amide bonds. The largest absolute Gasteiger partial charge is 0.481 e. The van der Waals surface area contributed by atoms with E-state index in [1.165, 1.54) is 26.0 Å². The van der Waals surface area contributed by atoms with E-state index in [1.807, 2.05) is 12.1 Å². The molecule has 0 aromatic heterocycles. The fourth-order valence-electron chi connectivity index (χ4n) is 3.32. The van der Waals surface area contributed by atoms with Crippen molar-refractivity contribution in [2.75, 3.05) is 24.3 Å². The Labute approximate surface area is 193 Å². The Balaban J connectivity index is 1.55. The first-order chi connectivity index (χ1) is 15.4. The molecule has 0 aliphatic carbocycles. The number of hydrogen-bond acceptors (Lipinski definition) is 7. The maximum Gasteiger partial charge on any atom is 0.347 e. The van der Waals surface area contributed by atoms with Crippen molar-refractivity contribution >= 4 is 27.7 Å². The number of nitrogens with zero attached hydrogens (tertiary/aromatic N) is 1. The Morgan fingerprint density at radius 3 is 2.42 bits per heavy atom. The minimum absolute atomic E-state index is 0.122. The van der Waals surface area contributed by atoms with Crippen LogP contribution in [0.1, 0.15) is 32.3 Å². The predicted octanol–water partition coefficient (Wildman–Crippen LogP) is 3.02. The molecule has 0 spiro atoms. The van der Waals surface area contributed by atoms with Crippen LogP contribution in [0.5, 0.6) is 17.2 Å². The zero-order valence-electron chi connectivity index (χ0n) is 18.7. The Kier molecular flexibility index (Phi) is 7.16. The summed E-state index contributed by atoms with van der Waals surface area (Å²) >= 11 is 0. The Morgan fingerprint density at radius 2 is 1.79 bits per heavy atom. The van der Waals surface area contributed by atoms with Crippen LogP contribution in [0.3, 0.4) is 0 Å². The molecule has 0 saturated heterocycles. The van der Waals surface area contributed by atoms with Gasteiger partial charge in [-0.1, -0.05) is 12.1 Å². The number of benzene rings is 2. The van der Waals surface area contributed by atoms with Crippen molar-refractivity contribution in [3.8, 4) is 17.2 Å². The van der Waals surface area contributed by atoms with E-state index in [9.17, 15) is 18.0 Å². The van der Waals surface area contributed by atoms with E-state index in [0.29, 0.717) is 23.7 Å². The number of amides is 1. The zero-order valence-corrected chi connectivity index (χ0v) is 19.6. The molecule has 2 aromatic carbocycles. The number of carboxylic acids is 1. The Hall–Kier alpha value is -3.27. The van der Waals surface area contributed by atoms with E-state index in [0.717, 1.165) is 31.1 Å². The Morgan fingerprint density at radius 1 is 1.12 bits per heavy atom. The molecule has 0 fully saturated rings. The number of unbranched alkanes of at least 4 members (excludes halogenated alkanes) is 1. The number of carbonyl (C=O) groups is 2. The SMILES string of the molecule is CC(C)(Oc1ccc(CCCCN2C(=O)COc3cc(OS(C)(=O)=O)ccc32)cc1)C(=O)O. The smallest absolute Gasteiger partial charge is 0.347 e. The molecular formula is C23H27NO8S. The molecule has 0 saturated carbocycles. The van der Waals surface area contributed by atoms with Gasteiger partial charge in [0, 0.05) is 12.6 Å². The van der Waals surface area contributed by atoms with Crippen molar-refractivity contribution in [1.29, 1.82) is 0 Å². The van der Waals surface area contributed by atoms with Crippen LogP contribution in [0.25, 0.3) is 0 Å². The quantitative estimate of drug-likeness (QED) is 0.410. The highest BCUT2D eigenvalue weighted by Crippen LogP contribution is 2.36. The molecule has 33 heavy (non-hydrogen) atoms. The summed E-state index contributed by atoms with van der Waals surface area (Å²) in [5.74, 6) is -0.187. The van der Waals surface area contributed by atoms with Crippen LogP contribution in [0.4, 0.5) is 5.69 Å². The molecule has 0 bridgehead atoms. The van der Waals surface area contributed by atoms with Gasteiger partial charge in [-0.05, 0) is 62.9 Å². The van der Waals surface area contributed by atoms with Gasteiger partial charge in [0.05, 0.1) is 11.9 Å². The second kappa shape index (κ2) is 9.70. The maximum absolute atomic E-state index is 12.4. The first-order valence-electron chi connectivity index (χ1n) is 10.4. The highest BCUT2D eigenvalue weighted by Gasteiger charge is 2.29. The van der Waals surface area contributed by atoms with Crippen LogP contribution in [-0.4, -0.2) is 50.4 Å². The summed E-state index contributed by atoms with van der Waals surface area (Å²) in [7, 11) is -3.66. The molecule has 9 nitrogen and oxygen atoms in total. The lowest BCUT2D eigenvalue weighted by atomic mass is 10.1. The van der Waals surface area contributed by atoms with E-state index in [4.69, 9.17) is 18.8 Å². The number of anilines is 1. The molecule has 3 rings (SSSR count). The third-order valence-corrected chi connectivity index (χ3v) is 5.53. The van der Waals surface area contributed by atoms with Gasteiger partial charge in [-0.25, -0.2) is 4.79 Å². The molecule has 2 aromatic rings. The fourth-order valence-corrected chi connectivity index (χ4v) is 3.77. The van der Waals surface area contributed by atoms with Gasteiger partial charge in [-0.15, -0.1) is 0 Å². The molecule has 0 atom stereocenters. The minimum atomic E-state index is -3.66. The standard InChI is InChI=1S/C23H27NO8S/c1-23(2,22(26)27)31-17-9-7-16(8-10-17)6-4-5-13-24-19-12-11-18(32-33(3,28)29)14-20(19)30-15-21(24)25/h7-12,14H,4-6,13,15H2,1-3H3,(H,26,27). The van der Waals surface area contributed by atoms with Gasteiger partial charge in [0.1, 0.15) is 17.2 Å². The molecular weight excluding hydrogens is 450 g/mol. The number of aliphatic carboxylic acids is 1. The van der Waals surface area contributed by atoms with Gasteiger partial charge in [-0.3, -0.25) is 4.79 Å². The van der Waals surface area contributed by atoms with Crippen molar-refractivity contribution in [3.05, 3.63) is 48.0 Å². The lowest BCUT2D eigenvalue weighted by Crippen LogP contribution is -2.39. The molecule has 1 aliphatic heterocycles. The lowest BCUT2D eigenvalue weighted by Gasteiger charge is -2.29. The van der Waals surface area contributed by atoms with E-state index >= 15 is 0 Å². The topological polar surface area (TPSA) is 119 Å². The van der Waals surface area contributed by atoms with E-state index < -0.39 is 21.7 Å². The average Bonchev–Trinajstić information content (AvgIpc) is 2.72. The molecule has 0 radical (unpaired) electrons. The van der Waals surface area contributed by atoms with Gasteiger partial charge < -0.3 is 23.7 Å². The van der Waals surface area contributed by atoms with Crippen molar-refractivity contribution in [3.63, 3.8) is 0 Å². The number of hydrogen-bond donors (Lipinski definition) is 1. The van der Waals surface area contributed by atoms with Crippen LogP contribution in [0, 0.1) is 0 Å². The minimum Gasteiger partial charge on any atom is -0.481 e. The molecule has 1 N–H and O–H groups in total. The first kappa shape index (κ1) is 24.4. The predicted molar refractivity (Wildman–Crippen MR) is 121 cm³/mol. The molecule has 178 valence electrons. The number of carbonyl (C=O) groups excluding carboxylic acids is 1. The molecule has 1 heterocycles. The van der Waals surface area contributed by atoms with Crippen LogP contribution in [0.15, 0.2) is 42.5 Å². The highest BCUT2D eigenvalue weighted by molar-refractivity contribution is 7.86. The van der Waals surface area contributed by atoms with Gasteiger partial charge in [0.2, 0.25) is 0 Å². The number of carboxylic acid groups (broad SMARTS) is 1. The number of aryl methyl sites for hydroxylation is 1. The van der Waals surface area contributed by atoms with Gasteiger partial charge in [0.15, 0.2) is 12.2 Å². The summed E-state index contributed by atoms with van der Waals surface area (Å²) in [6, 6.07) is 11.9. The summed E-state index contributed by atoms with van der Waals surface area (Å²) in [6.07, 6.45) is 3.32. The van der Waals surface area contributed by atoms with Crippen molar-refractivity contribution in [2.24, 2.45) is 0 Å². The third kappa shape index (κ3) is 6.61. The van der Waals surface area contributed by atoms with Crippen molar-refractivity contribution in [2.45, 2.75) is 38.7 Å². The van der Waals surface area contributed by atoms with Gasteiger partial charge in [0.25, 0.3) is 5.91 Å². The van der Waals surface area contributed by atoms with Crippen LogP contribution < -0.4 is 18.6 Å². The number of rotatable bonds is 10. The number of ether oxygens (including phenoxy) is 2. The van der Waals surface area contributed by atoms with Crippen LogP contribution in [-0.2, 0) is 26.1 Å². The Bertz CT molecular complexity index is 1130. The van der Waals surface area contributed by atoms with E-state index in [-0.39, 0.29) is 18.3 Å². The first-order valence-corrected chi connectivity index (χ1v) is 12.2. The van der Waals surface area contributed by atoms with Crippen LogP contribution >= 0.6 is 0 Å². The normalized spacial score (nSPS) is 13.8. The second-order valence-electron chi connectivity index (χ2n) is 8.27. The van der Waals surface area contributed by atoms with Crippen molar-refractivity contribution in [1.82, 2.24) is 0 Å². The fraction of sp³-hybridized carbons (Fsp3) is 0.391. The summed E-state index contributed by atoms with van der Waals surface area (Å²) in [5.41, 5.74) is 0.349. The summed E-state index contributed by atoms with van der Waals surface area (Å²) in [4.78, 5) is 25.2. The monoisotopic (exact) mass is 477 g/mol. The molecule has 10 heteroatoms. The highest BCUT2D eigenvalue weighted by atomic mass is 32.2. The zero-order chi connectivity index (χ0) is 24.2. The van der Waals surface area contributed by atoms with Gasteiger partial charge >= 0.3 is 16.1 Å². The summed E-state index contributed by atoms with van der Waals surface area (Å²) < 4.78 is 38.5. The third-order valence-electron chi connectivity index (χ3n) is 5.03. The average molecular weight is 478 g/mol. The van der Waals surface area contributed by atoms with E-state index in [1.54, 1.807) is 23.1 Å². The lowest BCUT2D eigenvalue weighted by molar-refractivity contribution is -0.152.